The molecule has 0 unspecified atom stereocenters. The summed E-state index contributed by atoms with van der Waals surface area (Å²) in [7, 11) is 1.66. The molecule has 1 fully saturated rings. The van der Waals surface area contributed by atoms with Crippen LogP contribution in [-0.4, -0.2) is 65.4 Å². The number of amides is 1. The van der Waals surface area contributed by atoms with E-state index < -0.39 is 0 Å². The molecule has 0 radical (unpaired) electrons. The van der Waals surface area contributed by atoms with Crippen LogP contribution in [0.1, 0.15) is 12.6 Å². The molecule has 2 heterocycles. The van der Waals surface area contributed by atoms with Gasteiger partial charge < -0.3 is 9.64 Å². The zero-order valence-electron chi connectivity index (χ0n) is 11.7. The van der Waals surface area contributed by atoms with Gasteiger partial charge in [-0.25, -0.2) is 0 Å². The fourth-order valence-corrected chi connectivity index (χ4v) is 2.34. The predicted molar refractivity (Wildman–Crippen MR) is 71.6 cm³/mol. The quantitative estimate of drug-likeness (QED) is 0.738. The van der Waals surface area contributed by atoms with Gasteiger partial charge in [-0.3, -0.25) is 14.4 Å². The summed E-state index contributed by atoms with van der Waals surface area (Å²) < 4.78 is 6.99. The van der Waals surface area contributed by atoms with Gasteiger partial charge >= 0.3 is 0 Å². The van der Waals surface area contributed by atoms with Gasteiger partial charge in [0.05, 0.1) is 18.8 Å². The summed E-state index contributed by atoms with van der Waals surface area (Å²) in [5.41, 5.74) is 1.17. The Hall–Kier alpha value is -1.40. The highest BCUT2D eigenvalue weighted by atomic mass is 16.5. The molecule has 1 aliphatic rings. The van der Waals surface area contributed by atoms with Crippen molar-refractivity contribution in [2.75, 3.05) is 39.9 Å². The summed E-state index contributed by atoms with van der Waals surface area (Å²) >= 11 is 0. The van der Waals surface area contributed by atoms with E-state index in [0.29, 0.717) is 19.7 Å². The molecule has 0 N–H and O–H groups in total. The van der Waals surface area contributed by atoms with E-state index in [1.807, 2.05) is 21.8 Å². The Morgan fingerprint density at radius 3 is 2.95 bits per heavy atom. The van der Waals surface area contributed by atoms with E-state index in [4.69, 9.17) is 4.74 Å². The molecule has 0 bridgehead atoms. The molecule has 0 saturated carbocycles. The summed E-state index contributed by atoms with van der Waals surface area (Å²) in [6, 6.07) is 2.02. The topological polar surface area (TPSA) is 50.6 Å². The van der Waals surface area contributed by atoms with Crippen molar-refractivity contribution < 1.29 is 9.53 Å². The monoisotopic (exact) mass is 266 g/mol. The molecule has 0 spiro atoms. The van der Waals surface area contributed by atoms with Crippen molar-refractivity contribution in [1.29, 1.82) is 0 Å². The molecule has 1 saturated heterocycles. The van der Waals surface area contributed by atoms with Gasteiger partial charge in [-0.2, -0.15) is 5.10 Å². The predicted octanol–water partition coefficient (Wildman–Crippen LogP) is 0.194. The number of methoxy groups -OCH3 is 1. The van der Waals surface area contributed by atoms with Crippen LogP contribution in [0.15, 0.2) is 12.3 Å². The Labute approximate surface area is 113 Å². The van der Waals surface area contributed by atoms with Gasteiger partial charge in [0.25, 0.3) is 0 Å². The van der Waals surface area contributed by atoms with Gasteiger partial charge in [-0.1, -0.05) is 0 Å². The van der Waals surface area contributed by atoms with E-state index in [2.05, 4.69) is 16.9 Å². The molecule has 1 aliphatic heterocycles. The van der Waals surface area contributed by atoms with Crippen molar-refractivity contribution in [1.82, 2.24) is 19.6 Å². The average Bonchev–Trinajstić information content (AvgIpc) is 2.85. The number of carbonyl (C=O) groups is 1. The van der Waals surface area contributed by atoms with Crippen LogP contribution in [0.2, 0.25) is 0 Å². The van der Waals surface area contributed by atoms with Crippen molar-refractivity contribution in [3.8, 4) is 0 Å². The molecule has 0 aliphatic carbocycles. The molecule has 106 valence electrons. The minimum absolute atomic E-state index is 0.186. The highest BCUT2D eigenvalue weighted by molar-refractivity contribution is 5.79. The standard InChI is InChI=1S/C13H22N4O2/c1-3-17-12(4-5-14-17)10-15-6-7-16(8-9-19-2)13(18)11-15/h4-5H,3,6-11H2,1-2H3. The summed E-state index contributed by atoms with van der Waals surface area (Å²) in [4.78, 5) is 16.0. The second-order valence-electron chi connectivity index (χ2n) is 4.72. The number of hydrogen-bond donors (Lipinski definition) is 0. The molecule has 1 amide bonds. The Kier molecular flexibility index (Phi) is 4.93. The first-order valence-electron chi connectivity index (χ1n) is 6.74. The SMILES string of the molecule is CCn1nccc1CN1CCN(CCOC)C(=O)C1. The second kappa shape index (κ2) is 6.68. The summed E-state index contributed by atoms with van der Waals surface area (Å²) in [6.45, 7) is 7.20. The Morgan fingerprint density at radius 1 is 1.42 bits per heavy atom. The lowest BCUT2D eigenvalue weighted by Gasteiger charge is -2.34. The molecule has 1 aromatic rings. The van der Waals surface area contributed by atoms with Crippen LogP contribution in [0.25, 0.3) is 0 Å². The number of aryl methyl sites for hydroxylation is 1. The van der Waals surface area contributed by atoms with Crippen molar-refractivity contribution in [3.05, 3.63) is 18.0 Å². The zero-order valence-corrected chi connectivity index (χ0v) is 11.7. The summed E-state index contributed by atoms with van der Waals surface area (Å²) in [6.07, 6.45) is 1.81. The molecule has 6 heteroatoms. The first-order valence-corrected chi connectivity index (χ1v) is 6.74. The third-order valence-electron chi connectivity index (χ3n) is 3.45. The van der Waals surface area contributed by atoms with E-state index in [1.54, 1.807) is 7.11 Å². The fraction of sp³-hybridized carbons (Fsp3) is 0.692. The van der Waals surface area contributed by atoms with Crippen LogP contribution in [0.5, 0.6) is 0 Å². The lowest BCUT2D eigenvalue weighted by molar-refractivity contribution is -0.136. The Bertz CT molecular complexity index is 419. The van der Waals surface area contributed by atoms with Crippen LogP contribution in [0.3, 0.4) is 0 Å². The van der Waals surface area contributed by atoms with Gasteiger partial charge in [-0.15, -0.1) is 0 Å². The first kappa shape index (κ1) is 14.0. The largest absolute Gasteiger partial charge is 0.383 e. The number of nitrogens with zero attached hydrogens (tertiary/aromatic N) is 4. The molecule has 6 nitrogen and oxygen atoms in total. The van der Waals surface area contributed by atoms with Gasteiger partial charge in [0, 0.05) is 46.0 Å². The normalized spacial score (nSPS) is 17.2. The van der Waals surface area contributed by atoms with E-state index in [1.165, 1.54) is 5.69 Å². The lowest BCUT2D eigenvalue weighted by atomic mass is 10.2. The molecule has 0 atom stereocenters. The smallest absolute Gasteiger partial charge is 0.236 e. The number of aromatic nitrogens is 2. The summed E-state index contributed by atoms with van der Waals surface area (Å²) in [5.74, 6) is 0.186. The van der Waals surface area contributed by atoms with E-state index in [0.717, 1.165) is 26.2 Å². The molecule has 19 heavy (non-hydrogen) atoms. The highest BCUT2D eigenvalue weighted by Crippen LogP contribution is 2.09. The van der Waals surface area contributed by atoms with Crippen LogP contribution < -0.4 is 0 Å². The number of ether oxygens (including phenoxy) is 1. The lowest BCUT2D eigenvalue weighted by Crippen LogP contribution is -2.50. The number of hydrogen-bond acceptors (Lipinski definition) is 4. The third-order valence-corrected chi connectivity index (χ3v) is 3.45. The van der Waals surface area contributed by atoms with Gasteiger partial charge in [-0.05, 0) is 13.0 Å². The zero-order chi connectivity index (χ0) is 13.7. The van der Waals surface area contributed by atoms with E-state index >= 15 is 0 Å². The van der Waals surface area contributed by atoms with Crippen LogP contribution in [0.4, 0.5) is 0 Å². The number of carbonyl (C=O) groups excluding carboxylic acids is 1. The molecule has 2 rings (SSSR count). The molecular weight excluding hydrogens is 244 g/mol. The van der Waals surface area contributed by atoms with Gasteiger partial charge in [0.15, 0.2) is 0 Å². The highest BCUT2D eigenvalue weighted by Gasteiger charge is 2.24. The second-order valence-corrected chi connectivity index (χ2v) is 4.72. The van der Waals surface area contributed by atoms with Crippen LogP contribution >= 0.6 is 0 Å². The maximum absolute atomic E-state index is 12.0. The van der Waals surface area contributed by atoms with Gasteiger partial charge in [0.1, 0.15) is 0 Å². The summed E-state index contributed by atoms with van der Waals surface area (Å²) in [5, 5.41) is 4.25. The number of rotatable bonds is 6. The van der Waals surface area contributed by atoms with Crippen molar-refractivity contribution in [3.63, 3.8) is 0 Å². The maximum Gasteiger partial charge on any atom is 0.236 e. The van der Waals surface area contributed by atoms with Crippen LogP contribution in [-0.2, 0) is 22.6 Å². The molecular formula is C13H22N4O2. The Morgan fingerprint density at radius 2 is 2.26 bits per heavy atom. The minimum Gasteiger partial charge on any atom is -0.383 e. The van der Waals surface area contributed by atoms with Crippen molar-refractivity contribution in [2.45, 2.75) is 20.0 Å². The third kappa shape index (κ3) is 3.54. The van der Waals surface area contributed by atoms with E-state index in [9.17, 15) is 4.79 Å². The Balaban J connectivity index is 1.86. The van der Waals surface area contributed by atoms with Crippen LogP contribution in [0, 0.1) is 0 Å². The number of piperazine rings is 1. The fourth-order valence-electron chi connectivity index (χ4n) is 2.34. The molecule has 1 aromatic heterocycles. The first-order chi connectivity index (χ1) is 9.24. The maximum atomic E-state index is 12.0. The van der Waals surface area contributed by atoms with Gasteiger partial charge in [0.2, 0.25) is 5.91 Å². The van der Waals surface area contributed by atoms with E-state index in [-0.39, 0.29) is 5.91 Å². The van der Waals surface area contributed by atoms with Crippen molar-refractivity contribution in [2.24, 2.45) is 0 Å². The average molecular weight is 266 g/mol. The molecule has 0 aromatic carbocycles. The van der Waals surface area contributed by atoms with Crippen molar-refractivity contribution >= 4 is 5.91 Å². The minimum atomic E-state index is 0.186.